The third kappa shape index (κ3) is 5.10. The molecule has 2 atom stereocenters. The van der Waals surface area contributed by atoms with Gasteiger partial charge in [0.15, 0.2) is 0 Å². The summed E-state index contributed by atoms with van der Waals surface area (Å²) in [5.41, 5.74) is 2.54. The molecule has 0 aromatic carbocycles. The summed E-state index contributed by atoms with van der Waals surface area (Å²) in [6.07, 6.45) is 3.01. The molecule has 1 unspecified atom stereocenters. The Morgan fingerprint density at radius 1 is 1.04 bits per heavy atom. The molecule has 2 fully saturated rings. The predicted octanol–water partition coefficient (Wildman–Crippen LogP) is 0.808. The summed E-state index contributed by atoms with van der Waals surface area (Å²) in [5.74, 6) is -4.14. The molecule has 1 aliphatic heterocycles. The van der Waals surface area contributed by atoms with E-state index in [1.54, 1.807) is 13.8 Å². The average Bonchev–Trinajstić information content (AvgIpc) is 2.63. The van der Waals surface area contributed by atoms with Crippen LogP contribution in [-0.4, -0.2) is 36.0 Å². The second-order valence-corrected chi connectivity index (χ2v) is 7.76. The van der Waals surface area contributed by atoms with Gasteiger partial charge >= 0.3 is 145 Å². The van der Waals surface area contributed by atoms with Crippen molar-refractivity contribution in [2.75, 3.05) is 0 Å². The summed E-state index contributed by atoms with van der Waals surface area (Å²) in [4.78, 5) is 52.1. The molecule has 2 aliphatic rings. The maximum absolute atomic E-state index is 12.0. The standard InChI is InChI=1S/C14H23N2O8P/c1-3-11(17)22-25(23-12(18)4-2)16-10-8-6-5-7-9(10)15-21-13(19)14(20)24-25/h9-10,15-16,25H,3-8H2,1-2H3/t9?,10-/m0/s1. The van der Waals surface area contributed by atoms with E-state index in [4.69, 9.17) is 18.4 Å². The van der Waals surface area contributed by atoms with Gasteiger partial charge < -0.3 is 0 Å². The second-order valence-electron chi connectivity index (χ2n) is 5.75. The van der Waals surface area contributed by atoms with E-state index in [1.807, 2.05) is 0 Å². The van der Waals surface area contributed by atoms with Crippen molar-refractivity contribution in [3.63, 3.8) is 0 Å². The van der Waals surface area contributed by atoms with Crippen molar-refractivity contribution in [3.05, 3.63) is 0 Å². The van der Waals surface area contributed by atoms with Crippen molar-refractivity contribution in [3.8, 4) is 0 Å². The maximum atomic E-state index is 12.0. The molecule has 0 radical (unpaired) electrons. The van der Waals surface area contributed by atoms with Crippen LogP contribution in [0.25, 0.3) is 0 Å². The number of carbonyl (C=O) groups excluding carboxylic acids is 4. The normalized spacial score (nSPS) is 27.3. The first-order valence-electron chi connectivity index (χ1n) is 8.30. The van der Waals surface area contributed by atoms with Crippen molar-refractivity contribution >= 4 is 32.0 Å². The molecule has 2 rings (SSSR count). The number of carbonyl (C=O) groups is 4. The number of hydroxylamine groups is 1. The Labute approximate surface area is 145 Å². The van der Waals surface area contributed by atoms with Gasteiger partial charge in [0.1, 0.15) is 0 Å². The van der Waals surface area contributed by atoms with Crippen molar-refractivity contribution < 1.29 is 37.6 Å². The van der Waals surface area contributed by atoms with E-state index in [9.17, 15) is 19.2 Å². The van der Waals surface area contributed by atoms with E-state index in [2.05, 4.69) is 10.6 Å². The van der Waals surface area contributed by atoms with Crippen LogP contribution in [0.1, 0.15) is 52.4 Å². The number of nitrogens with one attached hydrogen (secondary N) is 2. The predicted molar refractivity (Wildman–Crippen MR) is 85.6 cm³/mol. The summed E-state index contributed by atoms with van der Waals surface area (Å²) >= 11 is 0. The number of rotatable bonds is 4. The Balaban J connectivity index is 2.37. The van der Waals surface area contributed by atoms with Gasteiger partial charge in [-0.1, -0.05) is 0 Å². The SMILES string of the molecule is CCC(=O)O[PH]1(OC(=O)CC)N[C@H]2CCCCC2NOC(=O)C(=O)O1. The minimum atomic E-state index is -4.32. The van der Waals surface area contributed by atoms with Crippen LogP contribution >= 0.6 is 8.09 Å². The van der Waals surface area contributed by atoms with E-state index >= 15 is 0 Å². The third-order valence-electron chi connectivity index (χ3n) is 3.90. The number of fused-ring (bicyclic) bond motifs is 1. The fraction of sp³-hybridized carbons (Fsp3) is 0.714. The van der Waals surface area contributed by atoms with Crippen LogP contribution < -0.4 is 10.6 Å². The van der Waals surface area contributed by atoms with Gasteiger partial charge in [0, 0.05) is 0 Å². The topological polar surface area (TPSA) is 129 Å². The zero-order valence-electron chi connectivity index (χ0n) is 14.2. The van der Waals surface area contributed by atoms with Gasteiger partial charge in [0.2, 0.25) is 0 Å². The first-order valence-corrected chi connectivity index (χ1v) is 10.0. The number of hydrogen-bond donors (Lipinski definition) is 2. The van der Waals surface area contributed by atoms with E-state index < -0.39 is 32.0 Å². The quantitative estimate of drug-likeness (QED) is 0.535. The molecule has 25 heavy (non-hydrogen) atoms. The van der Waals surface area contributed by atoms with Crippen LogP contribution in [0.4, 0.5) is 0 Å². The molecule has 11 heteroatoms. The molecular weight excluding hydrogens is 355 g/mol. The van der Waals surface area contributed by atoms with Crippen LogP contribution in [0.15, 0.2) is 0 Å². The monoisotopic (exact) mass is 378 g/mol. The van der Waals surface area contributed by atoms with Gasteiger partial charge in [-0.3, -0.25) is 0 Å². The van der Waals surface area contributed by atoms with Crippen LogP contribution in [0.2, 0.25) is 0 Å². The van der Waals surface area contributed by atoms with Crippen LogP contribution in [0, 0.1) is 0 Å². The molecule has 0 spiro atoms. The molecule has 1 heterocycles. The zero-order chi connectivity index (χ0) is 18.4. The van der Waals surface area contributed by atoms with Gasteiger partial charge in [-0.05, 0) is 0 Å². The molecule has 2 N–H and O–H groups in total. The first-order chi connectivity index (χ1) is 11.9. The molecule has 1 saturated heterocycles. The van der Waals surface area contributed by atoms with Gasteiger partial charge in [-0.2, -0.15) is 0 Å². The summed E-state index contributed by atoms with van der Waals surface area (Å²) in [6.45, 7) is 3.09. The Kier molecular flexibility index (Phi) is 6.69. The van der Waals surface area contributed by atoms with Gasteiger partial charge in [-0.15, -0.1) is 0 Å². The summed E-state index contributed by atoms with van der Waals surface area (Å²) in [7, 11) is -4.32. The van der Waals surface area contributed by atoms with Crippen molar-refractivity contribution in [1.82, 2.24) is 10.6 Å². The second kappa shape index (κ2) is 8.55. The van der Waals surface area contributed by atoms with Crippen LogP contribution in [0.3, 0.4) is 0 Å². The molecule has 0 amide bonds. The Morgan fingerprint density at radius 3 is 2.16 bits per heavy atom. The molecular formula is C14H23N2O8P. The van der Waals surface area contributed by atoms with E-state index in [-0.39, 0.29) is 24.9 Å². The van der Waals surface area contributed by atoms with Crippen molar-refractivity contribution in [2.24, 2.45) is 0 Å². The summed E-state index contributed by atoms with van der Waals surface area (Å²) in [5, 5.41) is 2.91. The van der Waals surface area contributed by atoms with E-state index in [0.29, 0.717) is 12.8 Å². The fourth-order valence-electron chi connectivity index (χ4n) is 2.60. The molecule has 0 aromatic heterocycles. The Morgan fingerprint density at radius 2 is 1.60 bits per heavy atom. The van der Waals surface area contributed by atoms with E-state index in [0.717, 1.165) is 12.8 Å². The van der Waals surface area contributed by atoms with Crippen molar-refractivity contribution in [1.29, 1.82) is 0 Å². The Bertz CT molecular complexity index is 537. The molecule has 0 aromatic rings. The molecule has 142 valence electrons. The molecule has 10 nitrogen and oxygen atoms in total. The van der Waals surface area contributed by atoms with Gasteiger partial charge in [-0.25, -0.2) is 0 Å². The zero-order valence-corrected chi connectivity index (χ0v) is 15.2. The minimum absolute atomic E-state index is 0.0194. The van der Waals surface area contributed by atoms with Gasteiger partial charge in [0.05, 0.1) is 0 Å². The van der Waals surface area contributed by atoms with Gasteiger partial charge in [0.25, 0.3) is 0 Å². The molecule has 1 saturated carbocycles. The summed E-state index contributed by atoms with van der Waals surface area (Å²) in [6, 6.07) is -0.701. The first kappa shape index (κ1) is 19.6. The summed E-state index contributed by atoms with van der Waals surface area (Å²) < 4.78 is 15.5. The van der Waals surface area contributed by atoms with Crippen molar-refractivity contribution in [2.45, 2.75) is 64.5 Å². The fourth-order valence-corrected chi connectivity index (χ4v) is 4.92. The third-order valence-corrected chi connectivity index (χ3v) is 6.07. The van der Waals surface area contributed by atoms with E-state index in [1.165, 1.54) is 0 Å². The molecule has 1 aliphatic carbocycles. The molecule has 0 bridgehead atoms. The van der Waals surface area contributed by atoms with Crippen LogP contribution in [0.5, 0.6) is 0 Å². The number of hydrogen-bond acceptors (Lipinski definition) is 10. The average molecular weight is 378 g/mol. The van der Waals surface area contributed by atoms with Crippen LogP contribution in [-0.2, 0) is 37.6 Å². The Hall–Kier alpha value is -1.77.